The van der Waals surface area contributed by atoms with Gasteiger partial charge in [-0.1, -0.05) is 0 Å². The van der Waals surface area contributed by atoms with Gasteiger partial charge >= 0.3 is 0 Å². The van der Waals surface area contributed by atoms with Crippen molar-refractivity contribution in [2.24, 2.45) is 0 Å². The van der Waals surface area contributed by atoms with Crippen molar-refractivity contribution in [1.29, 1.82) is 0 Å². The van der Waals surface area contributed by atoms with E-state index in [9.17, 15) is 0 Å². The van der Waals surface area contributed by atoms with Gasteiger partial charge in [-0.25, -0.2) is 0 Å². The quantitative estimate of drug-likeness (QED) is 0.814. The summed E-state index contributed by atoms with van der Waals surface area (Å²) in [5.41, 5.74) is 1.81. The van der Waals surface area contributed by atoms with Crippen molar-refractivity contribution < 1.29 is 0 Å². The van der Waals surface area contributed by atoms with Crippen LogP contribution in [0.5, 0.6) is 0 Å². The van der Waals surface area contributed by atoms with Crippen LogP contribution in [0.25, 0.3) is 0 Å². The van der Waals surface area contributed by atoms with Gasteiger partial charge in [0.05, 0.1) is 0 Å². The van der Waals surface area contributed by atoms with Crippen molar-refractivity contribution in [3.05, 3.63) is 24.0 Å². The standard InChI is InChI=1S/C14H25N3/c1-4-17-10-5-7-13(17)11-15-12-14(16(2)3)8-6-9-14/h5,7,10,15H,4,6,8-9,11-12H2,1-3H3. The van der Waals surface area contributed by atoms with Crippen LogP contribution in [-0.2, 0) is 13.1 Å². The van der Waals surface area contributed by atoms with Gasteiger partial charge in [0.2, 0.25) is 0 Å². The van der Waals surface area contributed by atoms with Crippen molar-refractivity contribution in [3.63, 3.8) is 0 Å². The summed E-state index contributed by atoms with van der Waals surface area (Å²) in [7, 11) is 4.41. The smallest absolute Gasteiger partial charge is 0.0360 e. The van der Waals surface area contributed by atoms with Crippen LogP contribution in [-0.4, -0.2) is 35.6 Å². The van der Waals surface area contributed by atoms with E-state index in [1.165, 1.54) is 25.0 Å². The SMILES string of the molecule is CCn1cccc1CNCC1(N(C)C)CCC1. The fourth-order valence-electron chi connectivity index (χ4n) is 2.71. The highest BCUT2D eigenvalue weighted by Crippen LogP contribution is 2.35. The highest BCUT2D eigenvalue weighted by molar-refractivity contribution is 5.07. The van der Waals surface area contributed by atoms with Crippen LogP contribution in [0.2, 0.25) is 0 Å². The van der Waals surface area contributed by atoms with Crippen molar-refractivity contribution in [1.82, 2.24) is 14.8 Å². The summed E-state index contributed by atoms with van der Waals surface area (Å²) in [6.07, 6.45) is 6.21. The van der Waals surface area contributed by atoms with Gasteiger partial charge in [0.15, 0.2) is 0 Å². The summed E-state index contributed by atoms with van der Waals surface area (Å²) < 4.78 is 2.30. The van der Waals surface area contributed by atoms with E-state index in [0.29, 0.717) is 5.54 Å². The Balaban J connectivity index is 1.83. The first-order valence-corrected chi connectivity index (χ1v) is 6.70. The van der Waals surface area contributed by atoms with Gasteiger partial charge < -0.3 is 14.8 Å². The number of aryl methyl sites for hydroxylation is 1. The molecule has 1 aromatic heterocycles. The van der Waals surface area contributed by atoms with Gasteiger partial charge in [-0.3, -0.25) is 0 Å². The van der Waals surface area contributed by atoms with Crippen LogP contribution in [0.3, 0.4) is 0 Å². The molecular formula is C14H25N3. The predicted octanol–water partition coefficient (Wildman–Crippen LogP) is 2.08. The first-order chi connectivity index (χ1) is 8.18. The molecule has 2 rings (SSSR count). The third-order valence-electron chi connectivity index (χ3n) is 4.26. The first-order valence-electron chi connectivity index (χ1n) is 6.70. The van der Waals surface area contributed by atoms with E-state index in [4.69, 9.17) is 0 Å². The first kappa shape index (κ1) is 12.7. The van der Waals surface area contributed by atoms with Crippen LogP contribution in [0.15, 0.2) is 18.3 Å². The maximum Gasteiger partial charge on any atom is 0.0360 e. The van der Waals surface area contributed by atoms with Gasteiger partial charge in [0.1, 0.15) is 0 Å². The molecule has 1 N–H and O–H groups in total. The average Bonchev–Trinajstić information content (AvgIpc) is 2.68. The summed E-state index contributed by atoms with van der Waals surface area (Å²) in [5, 5.41) is 3.62. The van der Waals surface area contributed by atoms with Crippen LogP contribution in [0, 0.1) is 0 Å². The molecule has 0 atom stereocenters. The summed E-state index contributed by atoms with van der Waals surface area (Å²) in [5.74, 6) is 0. The highest BCUT2D eigenvalue weighted by atomic mass is 15.2. The van der Waals surface area contributed by atoms with Gasteiger partial charge in [-0.2, -0.15) is 0 Å². The van der Waals surface area contributed by atoms with Gasteiger partial charge in [-0.15, -0.1) is 0 Å². The lowest BCUT2D eigenvalue weighted by Crippen LogP contribution is -2.56. The number of nitrogens with zero attached hydrogens (tertiary/aromatic N) is 2. The molecule has 0 radical (unpaired) electrons. The summed E-state index contributed by atoms with van der Waals surface area (Å²) in [6.45, 7) is 5.34. The molecule has 0 aromatic carbocycles. The van der Waals surface area contributed by atoms with E-state index in [0.717, 1.165) is 19.6 Å². The van der Waals surface area contributed by atoms with Gasteiger partial charge in [0, 0.05) is 37.1 Å². The molecule has 17 heavy (non-hydrogen) atoms. The second-order valence-electron chi connectivity index (χ2n) is 5.36. The zero-order chi connectivity index (χ0) is 12.3. The third kappa shape index (κ3) is 2.55. The van der Waals surface area contributed by atoms with E-state index < -0.39 is 0 Å². The molecular weight excluding hydrogens is 210 g/mol. The lowest BCUT2D eigenvalue weighted by atomic mass is 9.75. The summed E-state index contributed by atoms with van der Waals surface area (Å²) >= 11 is 0. The van der Waals surface area contributed by atoms with E-state index in [1.807, 2.05) is 0 Å². The monoisotopic (exact) mass is 235 g/mol. The fourth-order valence-corrected chi connectivity index (χ4v) is 2.71. The van der Waals surface area contributed by atoms with Crippen molar-refractivity contribution in [3.8, 4) is 0 Å². The van der Waals surface area contributed by atoms with Crippen LogP contribution >= 0.6 is 0 Å². The van der Waals surface area contributed by atoms with Crippen LogP contribution in [0.4, 0.5) is 0 Å². The second kappa shape index (κ2) is 5.23. The molecule has 1 aliphatic rings. The molecule has 1 fully saturated rings. The molecule has 0 spiro atoms. The maximum absolute atomic E-state index is 3.62. The molecule has 1 heterocycles. The minimum atomic E-state index is 0.420. The van der Waals surface area contributed by atoms with E-state index in [2.05, 4.69) is 54.1 Å². The lowest BCUT2D eigenvalue weighted by Gasteiger charge is -2.47. The largest absolute Gasteiger partial charge is 0.351 e. The van der Waals surface area contributed by atoms with Crippen LogP contribution in [0.1, 0.15) is 31.9 Å². The Kier molecular flexibility index (Phi) is 3.89. The molecule has 96 valence electrons. The lowest BCUT2D eigenvalue weighted by molar-refractivity contribution is 0.0596. The number of nitrogens with one attached hydrogen (secondary N) is 1. The van der Waals surface area contributed by atoms with Gasteiger partial charge in [-0.05, 0) is 52.4 Å². The van der Waals surface area contributed by atoms with E-state index >= 15 is 0 Å². The Labute approximate surface area is 105 Å². The number of aromatic nitrogens is 1. The van der Waals surface area contributed by atoms with E-state index in [-0.39, 0.29) is 0 Å². The molecule has 0 saturated heterocycles. The number of hydrogen-bond donors (Lipinski definition) is 1. The van der Waals surface area contributed by atoms with Gasteiger partial charge in [0.25, 0.3) is 0 Å². The molecule has 1 saturated carbocycles. The van der Waals surface area contributed by atoms with E-state index in [1.54, 1.807) is 0 Å². The normalized spacial score (nSPS) is 18.4. The minimum absolute atomic E-state index is 0.420. The Morgan fingerprint density at radius 1 is 1.41 bits per heavy atom. The van der Waals surface area contributed by atoms with Crippen molar-refractivity contribution >= 4 is 0 Å². The third-order valence-corrected chi connectivity index (χ3v) is 4.26. The molecule has 1 aliphatic carbocycles. The topological polar surface area (TPSA) is 20.2 Å². The number of rotatable bonds is 6. The number of hydrogen-bond acceptors (Lipinski definition) is 2. The fraction of sp³-hybridized carbons (Fsp3) is 0.714. The predicted molar refractivity (Wildman–Crippen MR) is 72.1 cm³/mol. The zero-order valence-electron chi connectivity index (χ0n) is 11.4. The Hall–Kier alpha value is -0.800. The summed E-state index contributed by atoms with van der Waals surface area (Å²) in [6, 6.07) is 4.34. The van der Waals surface area contributed by atoms with Crippen molar-refractivity contribution in [2.75, 3.05) is 20.6 Å². The summed E-state index contributed by atoms with van der Waals surface area (Å²) in [4.78, 5) is 2.39. The second-order valence-corrected chi connectivity index (χ2v) is 5.36. The molecule has 0 amide bonds. The van der Waals surface area contributed by atoms with Crippen LogP contribution < -0.4 is 5.32 Å². The highest BCUT2D eigenvalue weighted by Gasteiger charge is 2.38. The molecule has 3 nitrogen and oxygen atoms in total. The maximum atomic E-state index is 3.62. The zero-order valence-corrected chi connectivity index (χ0v) is 11.4. The average molecular weight is 235 g/mol. The molecule has 0 aliphatic heterocycles. The Bertz CT molecular complexity index is 350. The minimum Gasteiger partial charge on any atom is -0.351 e. The van der Waals surface area contributed by atoms with Crippen molar-refractivity contribution in [2.45, 2.75) is 44.8 Å². The molecule has 0 bridgehead atoms. The number of likely N-dealkylation sites (N-methyl/N-ethyl adjacent to an activating group) is 1. The molecule has 1 aromatic rings. The Morgan fingerprint density at radius 3 is 2.71 bits per heavy atom. The molecule has 0 unspecified atom stereocenters. The molecule has 3 heteroatoms. The Morgan fingerprint density at radius 2 is 2.18 bits per heavy atom.